The van der Waals surface area contributed by atoms with E-state index in [2.05, 4.69) is 10.6 Å². The van der Waals surface area contributed by atoms with Crippen molar-refractivity contribution in [1.29, 1.82) is 0 Å². The highest BCUT2D eigenvalue weighted by atomic mass is 35.5. The molecule has 0 spiro atoms. The van der Waals surface area contributed by atoms with Crippen LogP contribution in [0.5, 0.6) is 0 Å². The second kappa shape index (κ2) is 7.35. The van der Waals surface area contributed by atoms with Gasteiger partial charge in [0.1, 0.15) is 0 Å². The Morgan fingerprint density at radius 2 is 1.95 bits per heavy atom. The van der Waals surface area contributed by atoms with Gasteiger partial charge in [-0.15, -0.1) is 12.4 Å². The Kier molecular flexibility index (Phi) is 6.86. The molecule has 1 rings (SSSR count). The number of nitrogens with one attached hydrogen (secondary N) is 2. The van der Waals surface area contributed by atoms with E-state index in [1.165, 1.54) is 6.07 Å². The highest BCUT2D eigenvalue weighted by Crippen LogP contribution is 2.32. The predicted molar refractivity (Wildman–Crippen MR) is 70.6 cm³/mol. The lowest BCUT2D eigenvalue weighted by Crippen LogP contribution is -2.19. The first kappa shape index (κ1) is 17.7. The molecule has 0 radical (unpaired) electrons. The fraction of sp³-hybridized carbons (Fsp3) is 0.417. The molecule has 0 unspecified atom stereocenters. The van der Waals surface area contributed by atoms with Crippen molar-refractivity contribution in [3.63, 3.8) is 0 Å². The van der Waals surface area contributed by atoms with Gasteiger partial charge in [-0.25, -0.2) is 0 Å². The van der Waals surface area contributed by atoms with Crippen LogP contribution in [0.4, 0.5) is 18.9 Å². The average molecular weight is 297 g/mol. The van der Waals surface area contributed by atoms with Crippen LogP contribution in [0.25, 0.3) is 0 Å². The molecule has 1 aromatic rings. The molecule has 1 amide bonds. The van der Waals surface area contributed by atoms with Crippen molar-refractivity contribution in [3.8, 4) is 0 Å². The molecule has 0 bridgehead atoms. The van der Waals surface area contributed by atoms with Gasteiger partial charge >= 0.3 is 6.18 Å². The molecule has 0 aliphatic carbocycles. The third kappa shape index (κ3) is 5.48. The number of hydrogen-bond acceptors (Lipinski definition) is 2. The maximum Gasteiger partial charge on any atom is 0.416 e. The molecule has 0 fully saturated rings. The molecule has 3 nitrogen and oxygen atoms in total. The fourth-order valence-electron chi connectivity index (χ4n) is 1.38. The lowest BCUT2D eigenvalue weighted by atomic mass is 10.1. The molecular formula is C12H16ClF3N2O. The first-order chi connectivity index (χ1) is 8.34. The fourth-order valence-corrected chi connectivity index (χ4v) is 1.38. The smallest absolute Gasteiger partial charge is 0.326 e. The third-order valence-electron chi connectivity index (χ3n) is 2.44. The van der Waals surface area contributed by atoms with Crippen LogP contribution in [0, 0.1) is 6.92 Å². The van der Waals surface area contributed by atoms with Crippen LogP contribution in [0.2, 0.25) is 0 Å². The summed E-state index contributed by atoms with van der Waals surface area (Å²) in [5, 5.41) is 5.27. The summed E-state index contributed by atoms with van der Waals surface area (Å²) >= 11 is 0. The summed E-state index contributed by atoms with van der Waals surface area (Å²) in [5.74, 6) is -0.313. The van der Waals surface area contributed by atoms with Gasteiger partial charge in [-0.3, -0.25) is 4.79 Å². The minimum atomic E-state index is -4.40. The Bertz CT molecular complexity index is 435. The van der Waals surface area contributed by atoms with Crippen LogP contribution in [0.15, 0.2) is 18.2 Å². The summed E-state index contributed by atoms with van der Waals surface area (Å²) in [4.78, 5) is 11.5. The summed E-state index contributed by atoms with van der Waals surface area (Å²) < 4.78 is 37.6. The van der Waals surface area contributed by atoms with Gasteiger partial charge in [0.25, 0.3) is 0 Å². The summed E-state index contributed by atoms with van der Waals surface area (Å²) in [7, 11) is 1.70. The number of benzene rings is 1. The van der Waals surface area contributed by atoms with Gasteiger partial charge in [-0.2, -0.15) is 13.2 Å². The van der Waals surface area contributed by atoms with Crippen molar-refractivity contribution in [1.82, 2.24) is 5.32 Å². The molecule has 0 atom stereocenters. The lowest BCUT2D eigenvalue weighted by molar-refractivity contribution is -0.137. The van der Waals surface area contributed by atoms with Crippen LogP contribution >= 0.6 is 12.4 Å². The van der Waals surface area contributed by atoms with Gasteiger partial charge in [0.15, 0.2) is 0 Å². The van der Waals surface area contributed by atoms with Crippen molar-refractivity contribution < 1.29 is 18.0 Å². The normalized spacial score (nSPS) is 10.8. The van der Waals surface area contributed by atoms with Crippen LogP contribution < -0.4 is 10.6 Å². The van der Waals surface area contributed by atoms with E-state index in [-0.39, 0.29) is 30.4 Å². The first-order valence-electron chi connectivity index (χ1n) is 5.47. The van der Waals surface area contributed by atoms with Gasteiger partial charge < -0.3 is 10.6 Å². The lowest BCUT2D eigenvalue weighted by Gasteiger charge is -2.12. The largest absolute Gasteiger partial charge is 0.416 e. The van der Waals surface area contributed by atoms with Crippen LogP contribution in [-0.2, 0) is 11.0 Å². The van der Waals surface area contributed by atoms with Gasteiger partial charge in [-0.1, -0.05) is 6.07 Å². The second-order valence-electron chi connectivity index (χ2n) is 3.93. The molecular weight excluding hydrogens is 281 g/mol. The molecule has 0 aliphatic rings. The molecule has 0 heterocycles. The van der Waals surface area contributed by atoms with E-state index in [0.717, 1.165) is 12.1 Å². The number of aryl methyl sites for hydroxylation is 1. The number of halogens is 4. The Morgan fingerprint density at radius 1 is 1.32 bits per heavy atom. The summed E-state index contributed by atoms with van der Waals surface area (Å²) in [5.41, 5.74) is 0.0313. The quantitative estimate of drug-likeness (QED) is 0.897. The minimum Gasteiger partial charge on any atom is -0.326 e. The van der Waals surface area contributed by atoms with Crippen molar-refractivity contribution in [2.45, 2.75) is 19.5 Å². The molecule has 108 valence electrons. The van der Waals surface area contributed by atoms with Crippen LogP contribution in [0.3, 0.4) is 0 Å². The maximum atomic E-state index is 12.5. The van der Waals surface area contributed by atoms with E-state index in [4.69, 9.17) is 0 Å². The van der Waals surface area contributed by atoms with E-state index >= 15 is 0 Å². The third-order valence-corrected chi connectivity index (χ3v) is 2.44. The van der Waals surface area contributed by atoms with E-state index in [9.17, 15) is 18.0 Å². The maximum absolute atomic E-state index is 12.5. The molecule has 1 aromatic carbocycles. The highest BCUT2D eigenvalue weighted by molar-refractivity contribution is 5.91. The molecule has 0 saturated carbocycles. The summed E-state index contributed by atoms with van der Waals surface area (Å²) in [6.07, 6.45) is -4.19. The Labute approximate surface area is 116 Å². The van der Waals surface area contributed by atoms with Crippen molar-refractivity contribution >= 4 is 24.0 Å². The molecule has 2 N–H and O–H groups in total. The Morgan fingerprint density at radius 3 is 2.47 bits per heavy atom. The van der Waals surface area contributed by atoms with Gasteiger partial charge in [0.05, 0.1) is 5.56 Å². The van der Waals surface area contributed by atoms with E-state index in [0.29, 0.717) is 12.1 Å². The molecule has 19 heavy (non-hydrogen) atoms. The number of rotatable bonds is 4. The number of anilines is 1. The zero-order chi connectivity index (χ0) is 13.8. The SMILES string of the molecule is CNCCC(=O)Nc1cc(C(F)(F)F)ccc1C.Cl. The van der Waals surface area contributed by atoms with Crippen LogP contribution in [0.1, 0.15) is 17.5 Å². The molecule has 0 saturated heterocycles. The topological polar surface area (TPSA) is 41.1 Å². The second-order valence-corrected chi connectivity index (χ2v) is 3.93. The molecule has 0 aromatic heterocycles. The monoisotopic (exact) mass is 296 g/mol. The number of carbonyl (C=O) groups is 1. The zero-order valence-corrected chi connectivity index (χ0v) is 11.4. The summed E-state index contributed by atoms with van der Waals surface area (Å²) in [6, 6.07) is 3.29. The standard InChI is InChI=1S/C12H15F3N2O.ClH/c1-8-3-4-9(12(13,14)15)7-10(8)17-11(18)5-6-16-2;/h3-4,7,16H,5-6H2,1-2H3,(H,17,18);1H. The number of alkyl halides is 3. The van der Waals surface area contributed by atoms with Crippen molar-refractivity contribution in [2.24, 2.45) is 0 Å². The van der Waals surface area contributed by atoms with Gasteiger partial charge in [0, 0.05) is 18.7 Å². The van der Waals surface area contributed by atoms with Gasteiger partial charge in [0.2, 0.25) is 5.91 Å². The van der Waals surface area contributed by atoms with E-state index in [1.54, 1.807) is 14.0 Å². The number of carbonyl (C=O) groups excluding carboxylic acids is 1. The summed E-state index contributed by atoms with van der Waals surface area (Å²) in [6.45, 7) is 2.12. The Balaban J connectivity index is 0.00000324. The average Bonchev–Trinajstić information content (AvgIpc) is 2.28. The van der Waals surface area contributed by atoms with Crippen molar-refractivity contribution in [2.75, 3.05) is 18.9 Å². The molecule has 0 aliphatic heterocycles. The van der Waals surface area contributed by atoms with Crippen LogP contribution in [-0.4, -0.2) is 19.5 Å². The predicted octanol–water partition coefficient (Wildman–Crippen LogP) is 2.98. The minimum absolute atomic E-state index is 0. The van der Waals surface area contributed by atoms with Crippen molar-refractivity contribution in [3.05, 3.63) is 29.3 Å². The molecule has 7 heteroatoms. The highest BCUT2D eigenvalue weighted by Gasteiger charge is 2.30. The Hall–Kier alpha value is -1.27. The first-order valence-corrected chi connectivity index (χ1v) is 5.47. The van der Waals surface area contributed by atoms with E-state index in [1.807, 2.05) is 0 Å². The number of hydrogen-bond donors (Lipinski definition) is 2. The zero-order valence-electron chi connectivity index (χ0n) is 10.6. The van der Waals surface area contributed by atoms with Gasteiger partial charge in [-0.05, 0) is 31.7 Å². The van der Waals surface area contributed by atoms with E-state index < -0.39 is 11.7 Å². The number of amides is 1.